The summed E-state index contributed by atoms with van der Waals surface area (Å²) in [6, 6.07) is 0. The van der Waals surface area contributed by atoms with E-state index in [1.807, 2.05) is 0 Å². The van der Waals surface area contributed by atoms with Crippen LogP contribution in [0.5, 0.6) is 0 Å². The Morgan fingerprint density at radius 3 is 2.88 bits per heavy atom. The van der Waals surface area contributed by atoms with Gasteiger partial charge in [0.25, 0.3) is 0 Å². The average Bonchev–Trinajstić information content (AvgIpc) is 2.99. The number of carbonyl (C=O) groups excluding carboxylic acids is 1. The van der Waals surface area contributed by atoms with Crippen LogP contribution in [0.4, 0.5) is 0 Å². The van der Waals surface area contributed by atoms with Crippen molar-refractivity contribution >= 4 is 5.97 Å². The van der Waals surface area contributed by atoms with Crippen LogP contribution < -0.4 is 5.32 Å². The fraction of sp³-hybridized carbons (Fsp3) is 0.750. The topological polar surface area (TPSA) is 58.6 Å². The van der Waals surface area contributed by atoms with Crippen LogP contribution in [0.2, 0.25) is 0 Å². The van der Waals surface area contributed by atoms with Crippen molar-refractivity contribution in [1.29, 1.82) is 0 Å². The largest absolute Gasteiger partial charge is 0.463 e. The first-order chi connectivity index (χ1) is 7.72. The normalized spacial score (nSPS) is 17.6. The minimum atomic E-state index is -0.291. The summed E-state index contributed by atoms with van der Waals surface area (Å²) in [4.78, 5) is 10.9. The molecule has 1 aliphatic carbocycles. The van der Waals surface area contributed by atoms with E-state index >= 15 is 0 Å². The Labute approximate surface area is 96.7 Å². The highest BCUT2D eigenvalue weighted by Crippen LogP contribution is 2.47. The van der Waals surface area contributed by atoms with E-state index in [-0.39, 0.29) is 12.6 Å². The van der Waals surface area contributed by atoms with E-state index in [1.54, 1.807) is 13.0 Å². The van der Waals surface area contributed by atoms with Gasteiger partial charge in [0, 0.05) is 25.8 Å². The van der Waals surface area contributed by atoms with E-state index in [2.05, 4.69) is 5.32 Å². The molecule has 0 atom stereocenters. The van der Waals surface area contributed by atoms with Crippen molar-refractivity contribution in [3.8, 4) is 0 Å². The maximum atomic E-state index is 10.9. The van der Waals surface area contributed by atoms with Crippen LogP contribution in [0.3, 0.4) is 0 Å². The quantitative estimate of drug-likeness (QED) is 0.367. The Kier molecular flexibility index (Phi) is 5.49. The molecule has 1 aliphatic rings. The number of nitrogens with one attached hydrogen (secondary N) is 1. The number of esters is 1. The zero-order valence-electron chi connectivity index (χ0n) is 9.87. The van der Waals surface area contributed by atoms with Gasteiger partial charge in [0.05, 0.1) is 6.61 Å². The number of rotatable bonds is 8. The SMILES string of the molecule is CCOC(=O)/C=C/CNCC1(CCO)CC1. The fourth-order valence-electron chi connectivity index (χ4n) is 1.70. The van der Waals surface area contributed by atoms with Gasteiger partial charge in [-0.2, -0.15) is 0 Å². The highest BCUT2D eigenvalue weighted by molar-refractivity contribution is 5.81. The molecule has 0 aliphatic heterocycles. The van der Waals surface area contributed by atoms with Crippen molar-refractivity contribution in [3.63, 3.8) is 0 Å². The molecule has 0 unspecified atom stereocenters. The number of aliphatic hydroxyl groups is 1. The van der Waals surface area contributed by atoms with Crippen molar-refractivity contribution < 1.29 is 14.6 Å². The van der Waals surface area contributed by atoms with Gasteiger partial charge in [-0.05, 0) is 31.6 Å². The molecule has 16 heavy (non-hydrogen) atoms. The van der Waals surface area contributed by atoms with Crippen molar-refractivity contribution in [2.75, 3.05) is 26.3 Å². The fourth-order valence-corrected chi connectivity index (χ4v) is 1.70. The molecule has 0 aromatic carbocycles. The van der Waals surface area contributed by atoms with Gasteiger partial charge in [-0.15, -0.1) is 0 Å². The van der Waals surface area contributed by atoms with Crippen LogP contribution in [0.1, 0.15) is 26.2 Å². The van der Waals surface area contributed by atoms with Gasteiger partial charge in [-0.25, -0.2) is 4.79 Å². The van der Waals surface area contributed by atoms with E-state index in [0.717, 1.165) is 13.0 Å². The summed E-state index contributed by atoms with van der Waals surface area (Å²) in [6.45, 7) is 4.05. The Morgan fingerprint density at radius 2 is 2.31 bits per heavy atom. The third-order valence-electron chi connectivity index (χ3n) is 2.90. The highest BCUT2D eigenvalue weighted by atomic mass is 16.5. The molecule has 0 spiro atoms. The predicted molar refractivity (Wildman–Crippen MR) is 62.0 cm³/mol. The maximum Gasteiger partial charge on any atom is 0.330 e. The first-order valence-corrected chi connectivity index (χ1v) is 5.87. The number of carbonyl (C=O) groups is 1. The molecular weight excluding hydrogens is 206 g/mol. The summed E-state index contributed by atoms with van der Waals surface area (Å²) in [6.07, 6.45) is 6.49. The minimum Gasteiger partial charge on any atom is -0.463 e. The molecule has 0 amide bonds. The lowest BCUT2D eigenvalue weighted by Gasteiger charge is -2.13. The molecular formula is C12H21NO3. The van der Waals surface area contributed by atoms with Crippen LogP contribution in [0, 0.1) is 5.41 Å². The van der Waals surface area contributed by atoms with Crippen molar-refractivity contribution in [2.24, 2.45) is 5.41 Å². The molecule has 2 N–H and O–H groups in total. The van der Waals surface area contributed by atoms with Crippen LogP contribution in [0.15, 0.2) is 12.2 Å². The van der Waals surface area contributed by atoms with Crippen LogP contribution in [-0.2, 0) is 9.53 Å². The maximum absolute atomic E-state index is 10.9. The first kappa shape index (κ1) is 13.2. The van der Waals surface area contributed by atoms with E-state index in [4.69, 9.17) is 9.84 Å². The summed E-state index contributed by atoms with van der Waals surface area (Å²) in [5, 5.41) is 12.1. The molecule has 0 aromatic rings. The summed E-state index contributed by atoms with van der Waals surface area (Å²) in [5.41, 5.74) is 0.326. The van der Waals surface area contributed by atoms with E-state index in [1.165, 1.54) is 18.9 Å². The smallest absolute Gasteiger partial charge is 0.330 e. The van der Waals surface area contributed by atoms with Gasteiger partial charge in [0.15, 0.2) is 0 Å². The first-order valence-electron chi connectivity index (χ1n) is 5.87. The summed E-state index contributed by atoms with van der Waals surface area (Å²) in [5.74, 6) is -0.291. The van der Waals surface area contributed by atoms with Crippen molar-refractivity contribution in [3.05, 3.63) is 12.2 Å². The molecule has 1 fully saturated rings. The second-order valence-electron chi connectivity index (χ2n) is 4.26. The molecule has 0 aromatic heterocycles. The molecule has 92 valence electrons. The molecule has 0 saturated heterocycles. The molecule has 0 radical (unpaired) electrons. The van der Waals surface area contributed by atoms with Crippen LogP contribution in [0.25, 0.3) is 0 Å². The van der Waals surface area contributed by atoms with Gasteiger partial charge in [0.1, 0.15) is 0 Å². The third-order valence-corrected chi connectivity index (χ3v) is 2.90. The summed E-state index contributed by atoms with van der Waals surface area (Å²) < 4.78 is 4.75. The van der Waals surface area contributed by atoms with Gasteiger partial charge in [-0.3, -0.25) is 0 Å². The minimum absolute atomic E-state index is 0.264. The van der Waals surface area contributed by atoms with E-state index in [0.29, 0.717) is 18.6 Å². The molecule has 0 heterocycles. The lowest BCUT2D eigenvalue weighted by atomic mass is 10.0. The number of hydrogen-bond acceptors (Lipinski definition) is 4. The average molecular weight is 227 g/mol. The Balaban J connectivity index is 2.05. The molecule has 1 saturated carbocycles. The standard InChI is InChI=1S/C12H21NO3/c1-2-16-11(15)4-3-8-13-10-12(5-6-12)7-9-14/h3-4,13-14H,2,5-10H2,1H3/b4-3+. The van der Waals surface area contributed by atoms with E-state index in [9.17, 15) is 4.79 Å². The molecule has 1 rings (SSSR count). The van der Waals surface area contributed by atoms with Gasteiger partial charge < -0.3 is 15.2 Å². The molecule has 0 bridgehead atoms. The summed E-state index contributed by atoms with van der Waals surface area (Å²) >= 11 is 0. The highest BCUT2D eigenvalue weighted by Gasteiger charge is 2.40. The lowest BCUT2D eigenvalue weighted by Crippen LogP contribution is -2.25. The lowest BCUT2D eigenvalue weighted by molar-refractivity contribution is -0.137. The zero-order valence-corrected chi connectivity index (χ0v) is 9.87. The molecule has 4 heteroatoms. The van der Waals surface area contributed by atoms with Gasteiger partial charge >= 0.3 is 5.97 Å². The van der Waals surface area contributed by atoms with Gasteiger partial charge in [-0.1, -0.05) is 6.08 Å². The second-order valence-corrected chi connectivity index (χ2v) is 4.26. The Morgan fingerprint density at radius 1 is 1.56 bits per heavy atom. The van der Waals surface area contributed by atoms with Crippen LogP contribution >= 0.6 is 0 Å². The van der Waals surface area contributed by atoms with Crippen molar-refractivity contribution in [1.82, 2.24) is 5.32 Å². The Bertz CT molecular complexity index is 247. The number of ether oxygens (including phenoxy) is 1. The van der Waals surface area contributed by atoms with Crippen LogP contribution in [-0.4, -0.2) is 37.4 Å². The monoisotopic (exact) mass is 227 g/mol. The zero-order chi connectivity index (χ0) is 11.9. The summed E-state index contributed by atoms with van der Waals surface area (Å²) in [7, 11) is 0. The van der Waals surface area contributed by atoms with Gasteiger partial charge in [0.2, 0.25) is 0 Å². The third kappa shape index (κ3) is 4.77. The van der Waals surface area contributed by atoms with E-state index < -0.39 is 0 Å². The van der Waals surface area contributed by atoms with Crippen molar-refractivity contribution in [2.45, 2.75) is 26.2 Å². The Hall–Kier alpha value is -0.870. The number of aliphatic hydroxyl groups excluding tert-OH is 1. The molecule has 4 nitrogen and oxygen atoms in total. The predicted octanol–water partition coefficient (Wildman–Crippen LogP) is 0.858. The number of hydrogen-bond donors (Lipinski definition) is 2. The second kappa shape index (κ2) is 6.66.